The van der Waals surface area contributed by atoms with Crippen molar-refractivity contribution in [1.29, 1.82) is 0 Å². The fourth-order valence-electron chi connectivity index (χ4n) is 5.91. The second-order valence-electron chi connectivity index (χ2n) is 12.5. The van der Waals surface area contributed by atoms with Gasteiger partial charge in [-0.1, -0.05) is 19.9 Å². The van der Waals surface area contributed by atoms with Crippen LogP contribution in [0.1, 0.15) is 69.7 Å². The molecular weight excluding hydrogens is 580 g/mol. The number of benzene rings is 2. The topological polar surface area (TPSA) is 158 Å². The monoisotopic (exact) mass is 614 g/mol. The zero-order valence-corrected chi connectivity index (χ0v) is 26.0. The third-order valence-electron chi connectivity index (χ3n) is 8.12. The number of amides is 2. The van der Waals surface area contributed by atoms with Crippen LogP contribution in [-0.4, -0.2) is 62.8 Å². The summed E-state index contributed by atoms with van der Waals surface area (Å²) in [5, 5.41) is 18.2. The van der Waals surface area contributed by atoms with E-state index in [0.717, 1.165) is 16.2 Å². The van der Waals surface area contributed by atoms with Crippen LogP contribution in [0, 0.1) is 0 Å². The minimum atomic E-state index is -1.34. The Morgan fingerprint density at radius 2 is 1.84 bits per heavy atom. The first kappa shape index (κ1) is 29.9. The Hall–Kier alpha value is -5.20. The third kappa shape index (κ3) is 4.88. The second kappa shape index (κ2) is 10.5. The van der Waals surface area contributed by atoms with Gasteiger partial charge in [-0.05, 0) is 74.6 Å². The van der Waals surface area contributed by atoms with Gasteiger partial charge in [-0.3, -0.25) is 4.79 Å². The first-order valence-electron chi connectivity index (χ1n) is 14.5. The molecule has 0 bridgehead atoms. The standard InChI is InChI=1S/C32H34N6O7/c1-16(2)22-15-33-27(44-7)26(34-22)35-25-19-10-8-17(12-24(19)38(36-25)30(42)45-31(3,4)5)21-14-32(21)20-13-18(43-6)9-11-23(20)37(28(32)39)29(40)41/h8-13,15-16,21H,14H2,1-7H3,(H,40,41)(H,34,35,36)/t21-,32-/m0/s1. The third-order valence-corrected chi connectivity index (χ3v) is 8.12. The fraction of sp³-hybridized carbons (Fsp3) is 0.375. The van der Waals surface area contributed by atoms with Crippen molar-refractivity contribution in [2.24, 2.45) is 0 Å². The molecule has 1 saturated carbocycles. The zero-order chi connectivity index (χ0) is 32.4. The number of nitrogens with one attached hydrogen (secondary N) is 1. The molecular formula is C32H34N6O7. The molecule has 1 spiro atoms. The van der Waals surface area contributed by atoms with Crippen LogP contribution in [0.3, 0.4) is 0 Å². The Morgan fingerprint density at radius 3 is 2.49 bits per heavy atom. The summed E-state index contributed by atoms with van der Waals surface area (Å²) in [4.78, 5) is 49.1. The van der Waals surface area contributed by atoms with Crippen LogP contribution < -0.4 is 19.7 Å². The number of hydrogen-bond acceptors (Lipinski definition) is 10. The normalized spacial score (nSPS) is 18.8. The summed E-state index contributed by atoms with van der Waals surface area (Å²) in [7, 11) is 3.01. The molecule has 4 aromatic rings. The minimum absolute atomic E-state index is 0.105. The van der Waals surface area contributed by atoms with Crippen LogP contribution in [0.15, 0.2) is 42.6 Å². The molecule has 234 valence electrons. The first-order valence-corrected chi connectivity index (χ1v) is 14.5. The van der Waals surface area contributed by atoms with Gasteiger partial charge >= 0.3 is 12.2 Å². The lowest BCUT2D eigenvalue weighted by Crippen LogP contribution is -2.36. The highest BCUT2D eigenvalue weighted by Gasteiger charge is 2.68. The van der Waals surface area contributed by atoms with E-state index in [1.807, 2.05) is 19.9 Å². The summed E-state index contributed by atoms with van der Waals surface area (Å²) in [5.74, 6) is 0.680. The Labute approximate surface area is 259 Å². The van der Waals surface area contributed by atoms with E-state index in [2.05, 4.69) is 20.4 Å². The maximum absolute atomic E-state index is 13.7. The van der Waals surface area contributed by atoms with E-state index >= 15 is 0 Å². The van der Waals surface area contributed by atoms with E-state index in [0.29, 0.717) is 46.0 Å². The first-order chi connectivity index (χ1) is 21.3. The van der Waals surface area contributed by atoms with E-state index in [-0.39, 0.29) is 17.7 Å². The molecule has 0 unspecified atom stereocenters. The van der Waals surface area contributed by atoms with Gasteiger partial charge in [0, 0.05) is 11.3 Å². The van der Waals surface area contributed by atoms with Gasteiger partial charge in [0.25, 0.3) is 5.88 Å². The molecule has 0 radical (unpaired) electrons. The highest BCUT2D eigenvalue weighted by Crippen LogP contribution is 2.67. The molecule has 2 aliphatic rings. The Kier molecular flexibility index (Phi) is 6.94. The lowest BCUT2D eigenvalue weighted by atomic mass is 9.91. The number of nitrogens with zero attached hydrogens (tertiary/aromatic N) is 5. The molecule has 13 nitrogen and oxygen atoms in total. The Morgan fingerprint density at radius 1 is 1.09 bits per heavy atom. The lowest BCUT2D eigenvalue weighted by Gasteiger charge is -2.19. The van der Waals surface area contributed by atoms with Crippen molar-refractivity contribution >= 4 is 46.3 Å². The lowest BCUT2D eigenvalue weighted by molar-refractivity contribution is -0.119. The van der Waals surface area contributed by atoms with Gasteiger partial charge in [-0.25, -0.2) is 24.5 Å². The number of imide groups is 1. The van der Waals surface area contributed by atoms with Gasteiger partial charge in [0.05, 0.1) is 42.7 Å². The zero-order valence-electron chi connectivity index (χ0n) is 26.0. The molecule has 45 heavy (non-hydrogen) atoms. The van der Waals surface area contributed by atoms with Crippen LogP contribution in [0.2, 0.25) is 0 Å². The van der Waals surface area contributed by atoms with E-state index in [1.165, 1.54) is 18.9 Å². The van der Waals surface area contributed by atoms with Crippen LogP contribution in [-0.2, 0) is 14.9 Å². The smallest absolute Gasteiger partial charge is 0.435 e. The van der Waals surface area contributed by atoms with Crippen LogP contribution in [0.5, 0.6) is 11.6 Å². The van der Waals surface area contributed by atoms with Gasteiger partial charge in [-0.2, -0.15) is 4.68 Å². The van der Waals surface area contributed by atoms with E-state index in [4.69, 9.17) is 14.2 Å². The summed E-state index contributed by atoms with van der Waals surface area (Å²) in [6, 6.07) is 10.4. The van der Waals surface area contributed by atoms with Crippen molar-refractivity contribution in [1.82, 2.24) is 19.7 Å². The number of ether oxygens (including phenoxy) is 3. The number of carboxylic acid groups (broad SMARTS) is 1. The summed E-state index contributed by atoms with van der Waals surface area (Å²) < 4.78 is 17.7. The molecule has 1 aliphatic carbocycles. The average molecular weight is 615 g/mol. The summed E-state index contributed by atoms with van der Waals surface area (Å²) in [6.45, 7) is 9.28. The van der Waals surface area contributed by atoms with Crippen molar-refractivity contribution in [3.05, 3.63) is 59.4 Å². The molecule has 2 amide bonds. The van der Waals surface area contributed by atoms with Crippen LogP contribution >= 0.6 is 0 Å². The molecule has 0 saturated heterocycles. The molecule has 13 heteroatoms. The summed E-state index contributed by atoms with van der Waals surface area (Å²) in [6.07, 6.45) is -0.000727. The van der Waals surface area contributed by atoms with E-state index in [1.54, 1.807) is 57.3 Å². The predicted molar refractivity (Wildman–Crippen MR) is 165 cm³/mol. The number of fused-ring (bicyclic) bond motifs is 3. The largest absolute Gasteiger partial charge is 0.497 e. The van der Waals surface area contributed by atoms with Crippen LogP contribution in [0.25, 0.3) is 10.9 Å². The summed E-state index contributed by atoms with van der Waals surface area (Å²) >= 11 is 0. The SMILES string of the molecule is COc1ccc2c(c1)[C@]1(C[C@H]1c1ccc3c(Nc4nc(C(C)C)cnc4OC)nn(C(=O)OC(C)(C)C)c3c1)C(=O)N2C(=O)O. The molecule has 2 aromatic heterocycles. The highest BCUT2D eigenvalue weighted by molar-refractivity contribution is 6.22. The highest BCUT2D eigenvalue weighted by atomic mass is 16.6. The van der Waals surface area contributed by atoms with Crippen molar-refractivity contribution < 1.29 is 33.7 Å². The van der Waals surface area contributed by atoms with Crippen molar-refractivity contribution in [2.75, 3.05) is 24.4 Å². The number of anilines is 3. The van der Waals surface area contributed by atoms with Crippen molar-refractivity contribution in [2.45, 2.75) is 63.9 Å². The van der Waals surface area contributed by atoms with Gasteiger partial charge in [0.2, 0.25) is 5.91 Å². The number of carbonyl (C=O) groups excluding carboxylic acids is 2. The van der Waals surface area contributed by atoms with E-state index in [9.17, 15) is 19.5 Å². The van der Waals surface area contributed by atoms with Gasteiger partial charge in [0.1, 0.15) is 11.4 Å². The number of aromatic nitrogens is 4. The number of carbonyl (C=O) groups is 3. The van der Waals surface area contributed by atoms with Crippen molar-refractivity contribution in [3.8, 4) is 11.6 Å². The number of methoxy groups -OCH3 is 2. The molecule has 3 heterocycles. The van der Waals surface area contributed by atoms with E-state index < -0.39 is 29.1 Å². The maximum atomic E-state index is 13.7. The number of rotatable bonds is 6. The minimum Gasteiger partial charge on any atom is -0.497 e. The molecule has 6 rings (SSSR count). The molecule has 2 aromatic carbocycles. The molecule has 1 aliphatic heterocycles. The maximum Gasteiger partial charge on any atom is 0.435 e. The quantitative estimate of drug-likeness (QED) is 0.265. The average Bonchev–Trinajstić information content (AvgIpc) is 3.57. The molecule has 1 fully saturated rings. The van der Waals surface area contributed by atoms with Crippen molar-refractivity contribution in [3.63, 3.8) is 0 Å². The Balaban J connectivity index is 1.45. The Bertz CT molecular complexity index is 1880. The molecule has 2 atom stereocenters. The fourth-order valence-corrected chi connectivity index (χ4v) is 5.91. The van der Waals surface area contributed by atoms with Gasteiger partial charge in [0.15, 0.2) is 11.6 Å². The second-order valence-corrected chi connectivity index (χ2v) is 12.5. The van der Waals surface area contributed by atoms with Gasteiger partial charge in [-0.15, -0.1) is 5.10 Å². The van der Waals surface area contributed by atoms with Gasteiger partial charge < -0.3 is 24.6 Å². The predicted octanol–water partition coefficient (Wildman–Crippen LogP) is 5.94. The molecule has 2 N–H and O–H groups in total. The summed E-state index contributed by atoms with van der Waals surface area (Å²) in [5.41, 5.74) is 0.967. The van der Waals surface area contributed by atoms with Crippen LogP contribution in [0.4, 0.5) is 26.9 Å². The number of hydrogen-bond donors (Lipinski definition) is 2.